The number of carbonyl (C=O) groups is 2. The van der Waals surface area contributed by atoms with Crippen molar-refractivity contribution >= 4 is 18.0 Å². The molecule has 0 spiro atoms. The lowest BCUT2D eigenvalue weighted by atomic mass is 9.76. The molecule has 0 heterocycles. The molecule has 0 unspecified atom stereocenters. The molecule has 0 radical (unpaired) electrons. The fraction of sp³-hybridized carbons (Fsp3) is 0.500. The molecule has 1 aromatic carbocycles. The van der Waals surface area contributed by atoms with E-state index in [1.165, 1.54) is 6.08 Å². The van der Waals surface area contributed by atoms with Crippen molar-refractivity contribution < 1.29 is 19.5 Å². The van der Waals surface area contributed by atoms with Crippen LogP contribution in [-0.2, 0) is 20.9 Å². The minimum Gasteiger partial charge on any atom is -0.461 e. The Hall–Kier alpha value is -2.18. The predicted molar refractivity (Wildman–Crippen MR) is 97.2 cm³/mol. The first-order valence-electron chi connectivity index (χ1n) is 9.28. The molecule has 0 aliphatic heterocycles. The molecule has 2 saturated carbocycles. The van der Waals surface area contributed by atoms with Gasteiger partial charge in [0.15, 0.2) is 0 Å². The third-order valence-electron chi connectivity index (χ3n) is 5.32. The van der Waals surface area contributed by atoms with Crippen LogP contribution < -0.4 is 10.8 Å². The van der Waals surface area contributed by atoms with Gasteiger partial charge in [-0.15, -0.1) is 0 Å². The molecule has 2 aliphatic carbocycles. The molecule has 0 saturated heterocycles. The Morgan fingerprint density at radius 1 is 1.15 bits per heavy atom. The first-order valence-corrected chi connectivity index (χ1v) is 9.28. The van der Waals surface area contributed by atoms with E-state index in [4.69, 9.17) is 9.94 Å². The molecular formula is C20H26N2O4. The van der Waals surface area contributed by atoms with E-state index in [9.17, 15) is 9.59 Å². The lowest BCUT2D eigenvalue weighted by Crippen LogP contribution is -2.58. The second-order valence-electron chi connectivity index (χ2n) is 7.15. The van der Waals surface area contributed by atoms with Gasteiger partial charge in [0, 0.05) is 12.6 Å². The Morgan fingerprint density at radius 3 is 2.42 bits per heavy atom. The predicted octanol–water partition coefficient (Wildman–Crippen LogP) is 2.70. The summed E-state index contributed by atoms with van der Waals surface area (Å²) in [6.07, 6.45) is 9.97. The highest BCUT2D eigenvalue weighted by Gasteiger charge is 2.46. The molecule has 2 aliphatic rings. The van der Waals surface area contributed by atoms with Crippen LogP contribution in [0.2, 0.25) is 0 Å². The van der Waals surface area contributed by atoms with Gasteiger partial charge in [0.1, 0.15) is 11.6 Å². The van der Waals surface area contributed by atoms with Crippen LogP contribution >= 0.6 is 0 Å². The highest BCUT2D eigenvalue weighted by atomic mass is 16.5. The van der Waals surface area contributed by atoms with Crippen molar-refractivity contribution in [1.29, 1.82) is 0 Å². The third-order valence-corrected chi connectivity index (χ3v) is 5.32. The molecule has 3 N–H and O–H groups in total. The maximum Gasteiger partial charge on any atom is 0.326 e. The van der Waals surface area contributed by atoms with Crippen molar-refractivity contribution in [3.8, 4) is 0 Å². The number of rotatable bonds is 7. The molecule has 3 rings (SSSR count). The van der Waals surface area contributed by atoms with Crippen LogP contribution in [0.25, 0.3) is 6.08 Å². The normalized spacial score (nSPS) is 19.3. The van der Waals surface area contributed by atoms with Crippen LogP contribution in [0, 0.1) is 0 Å². The van der Waals surface area contributed by atoms with E-state index in [2.05, 4.69) is 5.32 Å². The third kappa shape index (κ3) is 4.51. The quantitative estimate of drug-likeness (QED) is 0.302. The molecular weight excluding hydrogens is 332 g/mol. The minimum absolute atomic E-state index is 0.0924. The molecule has 0 bridgehead atoms. The van der Waals surface area contributed by atoms with Crippen LogP contribution in [0.5, 0.6) is 0 Å². The zero-order valence-electron chi connectivity index (χ0n) is 14.9. The van der Waals surface area contributed by atoms with E-state index in [0.29, 0.717) is 6.54 Å². The summed E-state index contributed by atoms with van der Waals surface area (Å²) in [5.74, 6) is -0.659. The highest BCUT2D eigenvalue weighted by molar-refractivity contribution is 5.90. The van der Waals surface area contributed by atoms with Crippen LogP contribution in [0.4, 0.5) is 0 Å². The molecule has 1 amide bonds. The van der Waals surface area contributed by atoms with Crippen LogP contribution in [0.3, 0.4) is 0 Å². The highest BCUT2D eigenvalue weighted by Crippen LogP contribution is 2.35. The van der Waals surface area contributed by atoms with E-state index in [1.54, 1.807) is 11.6 Å². The largest absolute Gasteiger partial charge is 0.461 e. The zero-order valence-corrected chi connectivity index (χ0v) is 14.9. The second kappa shape index (κ2) is 8.47. The van der Waals surface area contributed by atoms with Gasteiger partial charge in [-0.3, -0.25) is 20.1 Å². The van der Waals surface area contributed by atoms with Crippen molar-refractivity contribution in [2.45, 2.75) is 63.1 Å². The first-order chi connectivity index (χ1) is 12.6. The van der Waals surface area contributed by atoms with Gasteiger partial charge in [0.25, 0.3) is 5.91 Å². The summed E-state index contributed by atoms with van der Waals surface area (Å²) in [5.41, 5.74) is 2.95. The Morgan fingerprint density at radius 2 is 1.85 bits per heavy atom. The van der Waals surface area contributed by atoms with E-state index in [-0.39, 0.29) is 12.1 Å². The van der Waals surface area contributed by atoms with Gasteiger partial charge in [0.2, 0.25) is 0 Å². The standard InChI is InChI=1S/C20H26N2O4/c23-18(22-25)11-10-15-6-8-16(9-7-15)14-21-20(12-3-13-20)19(24)26-17-4-1-2-5-17/h6-11,17,21,25H,1-5,12-14H2,(H,22,23). The Labute approximate surface area is 153 Å². The molecule has 2 fully saturated rings. The average Bonchev–Trinajstić information content (AvgIpc) is 3.12. The maximum atomic E-state index is 12.6. The Kier molecular flexibility index (Phi) is 6.06. The molecule has 26 heavy (non-hydrogen) atoms. The summed E-state index contributed by atoms with van der Waals surface area (Å²) in [4.78, 5) is 23.6. The number of hydrogen-bond acceptors (Lipinski definition) is 5. The summed E-state index contributed by atoms with van der Waals surface area (Å²) in [6.45, 7) is 0.598. The van der Waals surface area contributed by atoms with Gasteiger partial charge in [-0.1, -0.05) is 24.3 Å². The van der Waals surface area contributed by atoms with Crippen molar-refractivity contribution in [1.82, 2.24) is 10.8 Å². The fourth-order valence-electron chi connectivity index (χ4n) is 3.48. The molecule has 0 aromatic heterocycles. The molecule has 6 heteroatoms. The number of esters is 1. The van der Waals surface area contributed by atoms with Gasteiger partial charge in [-0.2, -0.15) is 0 Å². The lowest BCUT2D eigenvalue weighted by molar-refractivity contribution is -0.161. The maximum absolute atomic E-state index is 12.6. The Balaban J connectivity index is 1.54. The average molecular weight is 358 g/mol. The van der Waals surface area contributed by atoms with Crippen molar-refractivity contribution in [2.75, 3.05) is 0 Å². The summed E-state index contributed by atoms with van der Waals surface area (Å²) in [7, 11) is 0. The zero-order chi connectivity index (χ0) is 18.4. The van der Waals surface area contributed by atoms with Gasteiger partial charge in [-0.05, 0) is 62.1 Å². The topological polar surface area (TPSA) is 87.7 Å². The lowest BCUT2D eigenvalue weighted by Gasteiger charge is -2.40. The number of hydroxylamine groups is 1. The van der Waals surface area contributed by atoms with Gasteiger partial charge >= 0.3 is 5.97 Å². The minimum atomic E-state index is -0.566. The smallest absolute Gasteiger partial charge is 0.326 e. The number of ether oxygens (including phenoxy) is 1. The molecule has 1 aromatic rings. The molecule has 0 atom stereocenters. The van der Waals surface area contributed by atoms with Crippen LogP contribution in [0.1, 0.15) is 56.1 Å². The number of carbonyl (C=O) groups excluding carboxylic acids is 2. The Bertz CT molecular complexity index is 659. The fourth-order valence-corrected chi connectivity index (χ4v) is 3.48. The SMILES string of the molecule is O=C(C=Cc1ccc(CNC2(C(=O)OC3CCCC3)CCC2)cc1)NO. The van der Waals surface area contributed by atoms with Crippen LogP contribution in [0.15, 0.2) is 30.3 Å². The van der Waals surface area contributed by atoms with E-state index >= 15 is 0 Å². The number of amides is 1. The number of nitrogens with one attached hydrogen (secondary N) is 2. The number of hydrogen-bond donors (Lipinski definition) is 3. The van der Waals surface area contributed by atoms with E-state index in [0.717, 1.165) is 56.1 Å². The summed E-state index contributed by atoms with van der Waals surface area (Å²) in [6, 6.07) is 7.70. The van der Waals surface area contributed by atoms with E-state index in [1.807, 2.05) is 24.3 Å². The van der Waals surface area contributed by atoms with E-state index < -0.39 is 11.4 Å². The van der Waals surface area contributed by atoms with Crippen molar-refractivity contribution in [3.63, 3.8) is 0 Å². The van der Waals surface area contributed by atoms with Gasteiger partial charge in [-0.25, -0.2) is 5.48 Å². The molecule has 6 nitrogen and oxygen atoms in total. The summed E-state index contributed by atoms with van der Waals surface area (Å²) >= 11 is 0. The summed E-state index contributed by atoms with van der Waals surface area (Å²) < 4.78 is 5.72. The van der Waals surface area contributed by atoms with Crippen molar-refractivity contribution in [2.24, 2.45) is 0 Å². The monoisotopic (exact) mass is 358 g/mol. The summed E-state index contributed by atoms with van der Waals surface area (Å²) in [5, 5.41) is 11.9. The number of benzene rings is 1. The van der Waals surface area contributed by atoms with Gasteiger partial charge in [0.05, 0.1) is 0 Å². The van der Waals surface area contributed by atoms with Crippen molar-refractivity contribution in [3.05, 3.63) is 41.5 Å². The van der Waals surface area contributed by atoms with Crippen LogP contribution in [-0.4, -0.2) is 28.7 Å². The second-order valence-corrected chi connectivity index (χ2v) is 7.15. The molecule has 140 valence electrons. The van der Waals surface area contributed by atoms with Gasteiger partial charge < -0.3 is 4.74 Å². The first kappa shape index (κ1) is 18.6.